The van der Waals surface area contributed by atoms with Crippen LogP contribution in [0.25, 0.3) is 5.69 Å². The van der Waals surface area contributed by atoms with Gasteiger partial charge in [0.05, 0.1) is 5.69 Å². The van der Waals surface area contributed by atoms with Gasteiger partial charge in [-0.2, -0.15) is 0 Å². The number of imidazole rings is 1. The number of hydrogen-bond donors (Lipinski definition) is 1. The van der Waals surface area contributed by atoms with Crippen LogP contribution in [0, 0.1) is 6.92 Å². The summed E-state index contributed by atoms with van der Waals surface area (Å²) in [5.74, 6) is 0.939. The van der Waals surface area contributed by atoms with Crippen molar-refractivity contribution in [3.8, 4) is 5.69 Å². The molecule has 0 atom stereocenters. The molecular weight excluding hydrogens is 278 g/mol. The third-order valence-corrected chi connectivity index (χ3v) is 3.91. The van der Waals surface area contributed by atoms with E-state index in [-0.39, 0.29) is 0 Å². The van der Waals surface area contributed by atoms with E-state index >= 15 is 0 Å². The fourth-order valence-corrected chi connectivity index (χ4v) is 2.23. The molecule has 1 fully saturated rings. The maximum atomic E-state index is 4.38. The zero-order valence-electron chi connectivity index (χ0n) is 9.65. The van der Waals surface area contributed by atoms with E-state index in [4.69, 9.17) is 0 Å². The quantitative estimate of drug-likeness (QED) is 0.938. The van der Waals surface area contributed by atoms with Crippen LogP contribution in [0.4, 0.5) is 5.95 Å². The van der Waals surface area contributed by atoms with Crippen molar-refractivity contribution in [1.29, 1.82) is 0 Å². The molecule has 0 bridgehead atoms. The summed E-state index contributed by atoms with van der Waals surface area (Å²) in [7, 11) is 0. The smallest absolute Gasteiger partial charge is 0.207 e. The van der Waals surface area contributed by atoms with E-state index < -0.39 is 0 Å². The van der Waals surface area contributed by atoms with Crippen LogP contribution >= 0.6 is 15.9 Å². The Hall–Kier alpha value is -1.29. The van der Waals surface area contributed by atoms with Gasteiger partial charge in [0.1, 0.15) is 0 Å². The van der Waals surface area contributed by atoms with E-state index in [0.29, 0.717) is 6.04 Å². The van der Waals surface area contributed by atoms with Crippen molar-refractivity contribution >= 4 is 21.9 Å². The van der Waals surface area contributed by atoms with Gasteiger partial charge in [0, 0.05) is 22.9 Å². The van der Waals surface area contributed by atoms with Crippen molar-refractivity contribution in [1.82, 2.24) is 9.55 Å². The zero-order chi connectivity index (χ0) is 11.8. The summed E-state index contributed by atoms with van der Waals surface area (Å²) in [4.78, 5) is 4.38. The molecule has 1 saturated carbocycles. The molecule has 0 radical (unpaired) electrons. The minimum Gasteiger partial charge on any atom is -0.353 e. The highest BCUT2D eigenvalue weighted by atomic mass is 79.9. The Morgan fingerprint density at radius 2 is 2.24 bits per heavy atom. The molecule has 1 aliphatic carbocycles. The maximum Gasteiger partial charge on any atom is 0.207 e. The molecule has 1 aliphatic rings. The minimum absolute atomic E-state index is 0.614. The Labute approximate surface area is 109 Å². The molecule has 88 valence electrons. The first kappa shape index (κ1) is 10.8. The van der Waals surface area contributed by atoms with Gasteiger partial charge in [-0.3, -0.25) is 4.57 Å². The minimum atomic E-state index is 0.614. The molecule has 0 unspecified atom stereocenters. The van der Waals surface area contributed by atoms with Crippen molar-refractivity contribution in [3.63, 3.8) is 0 Å². The number of aromatic nitrogens is 2. The van der Waals surface area contributed by atoms with Crippen LogP contribution in [0.2, 0.25) is 0 Å². The van der Waals surface area contributed by atoms with Gasteiger partial charge in [0.15, 0.2) is 0 Å². The van der Waals surface area contributed by atoms with Crippen molar-refractivity contribution < 1.29 is 0 Å². The van der Waals surface area contributed by atoms with Crippen LogP contribution in [-0.2, 0) is 0 Å². The molecule has 1 N–H and O–H groups in total. The van der Waals surface area contributed by atoms with Crippen molar-refractivity contribution in [2.24, 2.45) is 0 Å². The van der Waals surface area contributed by atoms with Crippen LogP contribution in [0.1, 0.15) is 18.4 Å². The molecule has 0 aliphatic heterocycles. The van der Waals surface area contributed by atoms with Crippen LogP contribution in [0.5, 0.6) is 0 Å². The van der Waals surface area contributed by atoms with E-state index in [1.807, 2.05) is 18.5 Å². The molecule has 0 amide bonds. The fourth-order valence-electron chi connectivity index (χ4n) is 1.87. The molecule has 0 spiro atoms. The number of benzene rings is 1. The number of hydrogen-bond acceptors (Lipinski definition) is 2. The van der Waals surface area contributed by atoms with Gasteiger partial charge in [-0.15, -0.1) is 0 Å². The summed E-state index contributed by atoms with van der Waals surface area (Å²) < 4.78 is 3.24. The highest BCUT2D eigenvalue weighted by molar-refractivity contribution is 9.10. The van der Waals surface area contributed by atoms with Gasteiger partial charge in [-0.1, -0.05) is 22.0 Å². The Balaban J connectivity index is 2.02. The van der Waals surface area contributed by atoms with E-state index in [0.717, 1.165) is 10.4 Å². The molecule has 3 rings (SSSR count). The van der Waals surface area contributed by atoms with Crippen molar-refractivity contribution in [2.45, 2.75) is 25.8 Å². The topological polar surface area (TPSA) is 29.9 Å². The molecule has 3 nitrogen and oxygen atoms in total. The second-order valence-electron chi connectivity index (χ2n) is 4.42. The van der Waals surface area contributed by atoms with Gasteiger partial charge in [-0.05, 0) is 37.5 Å². The van der Waals surface area contributed by atoms with Crippen LogP contribution in [0.15, 0.2) is 35.1 Å². The van der Waals surface area contributed by atoms with E-state index in [2.05, 4.69) is 49.9 Å². The van der Waals surface area contributed by atoms with Crippen molar-refractivity contribution in [2.75, 3.05) is 5.32 Å². The van der Waals surface area contributed by atoms with Gasteiger partial charge < -0.3 is 5.32 Å². The van der Waals surface area contributed by atoms with E-state index in [1.54, 1.807) is 0 Å². The number of anilines is 1. The molecule has 1 heterocycles. The van der Waals surface area contributed by atoms with Crippen LogP contribution in [0.3, 0.4) is 0 Å². The van der Waals surface area contributed by atoms with Gasteiger partial charge in [0.2, 0.25) is 5.95 Å². The molecule has 1 aromatic heterocycles. The largest absolute Gasteiger partial charge is 0.353 e. The average Bonchev–Trinajstić information content (AvgIpc) is 3.01. The third-order valence-electron chi connectivity index (χ3n) is 3.05. The summed E-state index contributed by atoms with van der Waals surface area (Å²) in [6, 6.07) is 6.83. The lowest BCUT2D eigenvalue weighted by atomic mass is 10.2. The molecule has 2 aromatic rings. The second-order valence-corrected chi connectivity index (χ2v) is 5.28. The lowest BCUT2D eigenvalue weighted by molar-refractivity contribution is 0.992. The summed E-state index contributed by atoms with van der Waals surface area (Å²) in [6.45, 7) is 2.11. The first-order chi connectivity index (χ1) is 8.25. The van der Waals surface area contributed by atoms with E-state index in [9.17, 15) is 0 Å². The standard InChI is InChI=1S/C13H14BrN3/c1-9-11(14)3-2-4-12(9)17-8-7-15-13(17)16-10-5-6-10/h2-4,7-8,10H,5-6H2,1H3,(H,15,16). The second kappa shape index (κ2) is 4.18. The van der Waals surface area contributed by atoms with E-state index in [1.165, 1.54) is 24.1 Å². The lowest BCUT2D eigenvalue weighted by Gasteiger charge is -2.12. The highest BCUT2D eigenvalue weighted by Crippen LogP contribution is 2.28. The normalized spacial score (nSPS) is 14.9. The Bertz CT molecular complexity index is 543. The van der Waals surface area contributed by atoms with Crippen molar-refractivity contribution in [3.05, 3.63) is 40.6 Å². The predicted octanol–water partition coefficient (Wildman–Crippen LogP) is 3.52. The van der Waals surface area contributed by atoms with Gasteiger partial charge >= 0.3 is 0 Å². The van der Waals surface area contributed by atoms with Gasteiger partial charge in [-0.25, -0.2) is 4.98 Å². The first-order valence-corrected chi connectivity index (χ1v) is 6.60. The number of halogens is 1. The lowest BCUT2D eigenvalue weighted by Crippen LogP contribution is -2.08. The summed E-state index contributed by atoms with van der Waals surface area (Å²) in [6.07, 6.45) is 6.35. The highest BCUT2D eigenvalue weighted by Gasteiger charge is 2.23. The fraction of sp³-hybridized carbons (Fsp3) is 0.308. The summed E-state index contributed by atoms with van der Waals surface area (Å²) >= 11 is 3.57. The van der Waals surface area contributed by atoms with Crippen LogP contribution in [-0.4, -0.2) is 15.6 Å². The molecule has 4 heteroatoms. The number of nitrogens with one attached hydrogen (secondary N) is 1. The summed E-state index contributed by atoms with van der Waals surface area (Å²) in [5, 5.41) is 3.45. The van der Waals surface area contributed by atoms with Gasteiger partial charge in [0.25, 0.3) is 0 Å². The average molecular weight is 292 g/mol. The SMILES string of the molecule is Cc1c(Br)cccc1-n1ccnc1NC1CC1. The third kappa shape index (κ3) is 2.09. The van der Waals surface area contributed by atoms with Crippen LogP contribution < -0.4 is 5.32 Å². The maximum absolute atomic E-state index is 4.38. The zero-order valence-corrected chi connectivity index (χ0v) is 11.2. The number of rotatable bonds is 3. The first-order valence-electron chi connectivity index (χ1n) is 5.81. The Morgan fingerprint density at radius 1 is 1.41 bits per heavy atom. The monoisotopic (exact) mass is 291 g/mol. The summed E-state index contributed by atoms with van der Waals surface area (Å²) in [5.41, 5.74) is 2.39. The molecule has 17 heavy (non-hydrogen) atoms. The molecule has 1 aromatic carbocycles. The Kier molecular flexibility index (Phi) is 2.67. The molecule has 0 saturated heterocycles. The number of nitrogens with zero attached hydrogens (tertiary/aromatic N) is 2. The predicted molar refractivity (Wildman–Crippen MR) is 72.6 cm³/mol. The molecular formula is C13H14BrN3. The Morgan fingerprint density at radius 3 is 3.00 bits per heavy atom.